The SMILES string of the molecule is CC(CNc1c(F)cc(N)cc1F)N(C)C1CC1. The molecule has 18 heavy (non-hydrogen) atoms. The van der Waals surface area contributed by atoms with Crippen molar-refractivity contribution in [3.8, 4) is 0 Å². The highest BCUT2D eigenvalue weighted by Crippen LogP contribution is 2.27. The third-order valence-corrected chi connectivity index (χ3v) is 3.46. The van der Waals surface area contributed by atoms with Crippen molar-refractivity contribution in [2.24, 2.45) is 0 Å². The zero-order valence-electron chi connectivity index (χ0n) is 10.7. The van der Waals surface area contributed by atoms with Crippen LogP contribution in [0.2, 0.25) is 0 Å². The zero-order chi connectivity index (χ0) is 13.3. The molecule has 0 bridgehead atoms. The van der Waals surface area contributed by atoms with Gasteiger partial charge in [0.2, 0.25) is 0 Å². The molecule has 3 N–H and O–H groups in total. The van der Waals surface area contributed by atoms with Crippen molar-refractivity contribution in [3.05, 3.63) is 23.8 Å². The van der Waals surface area contributed by atoms with Crippen molar-refractivity contribution in [3.63, 3.8) is 0 Å². The van der Waals surface area contributed by atoms with Crippen LogP contribution in [0.4, 0.5) is 20.2 Å². The maximum Gasteiger partial charge on any atom is 0.151 e. The molecule has 0 heterocycles. The average Bonchev–Trinajstić information content (AvgIpc) is 3.09. The Morgan fingerprint density at radius 3 is 2.44 bits per heavy atom. The molecular weight excluding hydrogens is 236 g/mol. The van der Waals surface area contributed by atoms with Gasteiger partial charge >= 0.3 is 0 Å². The molecule has 0 amide bonds. The van der Waals surface area contributed by atoms with Crippen molar-refractivity contribution < 1.29 is 8.78 Å². The predicted molar refractivity (Wildman–Crippen MR) is 69.5 cm³/mol. The van der Waals surface area contributed by atoms with Crippen molar-refractivity contribution in [2.75, 3.05) is 24.6 Å². The minimum atomic E-state index is -0.645. The van der Waals surface area contributed by atoms with Gasteiger partial charge in [-0.05, 0) is 38.9 Å². The normalized spacial score (nSPS) is 16.9. The largest absolute Gasteiger partial charge is 0.399 e. The molecule has 1 aromatic carbocycles. The van der Waals surface area contributed by atoms with E-state index >= 15 is 0 Å². The van der Waals surface area contributed by atoms with E-state index in [4.69, 9.17) is 5.73 Å². The molecule has 5 heteroatoms. The second kappa shape index (κ2) is 5.10. The molecule has 0 aromatic heterocycles. The van der Waals surface area contributed by atoms with Gasteiger partial charge in [0.25, 0.3) is 0 Å². The molecule has 2 rings (SSSR count). The number of hydrogen-bond donors (Lipinski definition) is 2. The Kier molecular flexibility index (Phi) is 3.71. The summed E-state index contributed by atoms with van der Waals surface area (Å²) in [6.07, 6.45) is 2.43. The van der Waals surface area contributed by atoms with Crippen molar-refractivity contribution in [1.29, 1.82) is 0 Å². The molecule has 0 spiro atoms. The van der Waals surface area contributed by atoms with Gasteiger partial charge < -0.3 is 11.1 Å². The van der Waals surface area contributed by atoms with Gasteiger partial charge in [-0.3, -0.25) is 4.90 Å². The molecule has 100 valence electrons. The van der Waals surface area contributed by atoms with Crippen molar-refractivity contribution in [2.45, 2.75) is 31.8 Å². The quantitative estimate of drug-likeness (QED) is 0.794. The first-order chi connectivity index (χ1) is 8.49. The van der Waals surface area contributed by atoms with Gasteiger partial charge in [-0.1, -0.05) is 0 Å². The van der Waals surface area contributed by atoms with E-state index in [0.717, 1.165) is 12.1 Å². The first-order valence-electron chi connectivity index (χ1n) is 6.19. The van der Waals surface area contributed by atoms with Crippen LogP contribution in [-0.4, -0.2) is 30.6 Å². The smallest absolute Gasteiger partial charge is 0.151 e. The first-order valence-corrected chi connectivity index (χ1v) is 6.19. The Hall–Kier alpha value is -1.36. The van der Waals surface area contributed by atoms with E-state index in [9.17, 15) is 8.78 Å². The van der Waals surface area contributed by atoms with Gasteiger partial charge in [0.15, 0.2) is 11.6 Å². The second-order valence-corrected chi connectivity index (χ2v) is 4.99. The molecule has 0 radical (unpaired) electrons. The van der Waals surface area contributed by atoms with Crippen LogP contribution in [0.25, 0.3) is 0 Å². The summed E-state index contributed by atoms with van der Waals surface area (Å²) in [6, 6.07) is 3.11. The van der Waals surface area contributed by atoms with Crippen LogP contribution in [0.5, 0.6) is 0 Å². The van der Waals surface area contributed by atoms with E-state index in [1.165, 1.54) is 12.8 Å². The summed E-state index contributed by atoms with van der Waals surface area (Å²) in [5, 5.41) is 2.82. The summed E-state index contributed by atoms with van der Waals surface area (Å²) in [7, 11) is 2.04. The van der Waals surface area contributed by atoms with Gasteiger partial charge in [-0.2, -0.15) is 0 Å². The maximum absolute atomic E-state index is 13.5. The fraction of sp³-hybridized carbons (Fsp3) is 0.538. The van der Waals surface area contributed by atoms with Crippen LogP contribution in [0.1, 0.15) is 19.8 Å². The summed E-state index contributed by atoms with van der Waals surface area (Å²) in [5.41, 5.74) is 5.36. The van der Waals surface area contributed by atoms with E-state index in [1.54, 1.807) is 0 Å². The number of rotatable bonds is 5. The van der Waals surface area contributed by atoms with Gasteiger partial charge in [0.05, 0.1) is 0 Å². The monoisotopic (exact) mass is 255 g/mol. The van der Waals surface area contributed by atoms with Crippen LogP contribution >= 0.6 is 0 Å². The lowest BCUT2D eigenvalue weighted by atomic mass is 10.2. The molecule has 3 nitrogen and oxygen atoms in total. The first kappa shape index (κ1) is 13.1. The summed E-state index contributed by atoms with van der Waals surface area (Å²) in [4.78, 5) is 2.24. The molecule has 1 fully saturated rings. The highest BCUT2D eigenvalue weighted by molar-refractivity contribution is 5.54. The molecule has 1 aliphatic rings. The number of nitrogens with one attached hydrogen (secondary N) is 1. The molecule has 1 aromatic rings. The number of nitrogens with two attached hydrogens (primary N) is 1. The average molecular weight is 255 g/mol. The summed E-state index contributed by atoms with van der Waals surface area (Å²) >= 11 is 0. The molecule has 0 saturated heterocycles. The second-order valence-electron chi connectivity index (χ2n) is 4.99. The van der Waals surface area contributed by atoms with E-state index in [2.05, 4.69) is 10.2 Å². The predicted octanol–water partition coefficient (Wildman–Crippen LogP) is 2.44. The van der Waals surface area contributed by atoms with E-state index in [-0.39, 0.29) is 17.4 Å². The maximum atomic E-state index is 13.5. The van der Waals surface area contributed by atoms with Gasteiger partial charge in [0.1, 0.15) is 5.69 Å². The number of hydrogen-bond acceptors (Lipinski definition) is 3. The fourth-order valence-corrected chi connectivity index (χ4v) is 2.00. The minimum Gasteiger partial charge on any atom is -0.399 e. The highest BCUT2D eigenvalue weighted by atomic mass is 19.1. The Bertz CT molecular complexity index is 409. The molecule has 0 aliphatic heterocycles. The minimum absolute atomic E-state index is 0.0960. The highest BCUT2D eigenvalue weighted by Gasteiger charge is 2.29. The lowest BCUT2D eigenvalue weighted by molar-refractivity contribution is 0.257. The Morgan fingerprint density at radius 2 is 1.94 bits per heavy atom. The molecule has 1 atom stereocenters. The molecular formula is C13H19F2N3. The third-order valence-electron chi connectivity index (χ3n) is 3.46. The topological polar surface area (TPSA) is 41.3 Å². The Labute approximate surface area is 106 Å². The van der Waals surface area contributed by atoms with Crippen LogP contribution in [0.15, 0.2) is 12.1 Å². The van der Waals surface area contributed by atoms with Crippen molar-refractivity contribution in [1.82, 2.24) is 4.90 Å². The number of nitrogens with zero attached hydrogens (tertiary/aromatic N) is 1. The van der Waals surface area contributed by atoms with E-state index in [0.29, 0.717) is 12.6 Å². The van der Waals surface area contributed by atoms with Crippen molar-refractivity contribution >= 4 is 11.4 Å². The number of benzene rings is 1. The summed E-state index contributed by atoms with van der Waals surface area (Å²) in [5.74, 6) is -1.29. The molecule has 1 unspecified atom stereocenters. The van der Waals surface area contributed by atoms with E-state index < -0.39 is 11.6 Å². The number of likely N-dealkylation sites (N-methyl/N-ethyl adjacent to an activating group) is 1. The fourth-order valence-electron chi connectivity index (χ4n) is 2.00. The summed E-state index contributed by atoms with van der Waals surface area (Å²) < 4.78 is 27.1. The van der Waals surface area contributed by atoms with Crippen LogP contribution < -0.4 is 11.1 Å². The number of nitrogen functional groups attached to an aromatic ring is 1. The zero-order valence-corrected chi connectivity index (χ0v) is 10.7. The van der Waals surface area contributed by atoms with Gasteiger partial charge in [-0.25, -0.2) is 8.78 Å². The number of halogens is 2. The standard InChI is InChI=1S/C13H19F2N3/c1-8(18(2)10-3-4-10)7-17-13-11(14)5-9(16)6-12(13)15/h5-6,8,10,17H,3-4,7,16H2,1-2H3. The number of anilines is 2. The Balaban J connectivity index is 1.97. The van der Waals surface area contributed by atoms with Crippen LogP contribution in [0, 0.1) is 11.6 Å². The lowest BCUT2D eigenvalue weighted by Crippen LogP contribution is -2.36. The van der Waals surface area contributed by atoms with Crippen LogP contribution in [-0.2, 0) is 0 Å². The molecule has 1 aliphatic carbocycles. The van der Waals surface area contributed by atoms with Gasteiger partial charge in [0, 0.05) is 24.3 Å². The van der Waals surface area contributed by atoms with E-state index in [1.807, 2.05) is 14.0 Å². The van der Waals surface area contributed by atoms with Gasteiger partial charge in [-0.15, -0.1) is 0 Å². The summed E-state index contributed by atoms with van der Waals surface area (Å²) in [6.45, 7) is 2.54. The third kappa shape index (κ3) is 2.90. The van der Waals surface area contributed by atoms with Crippen LogP contribution in [0.3, 0.4) is 0 Å². The molecule has 1 saturated carbocycles. The lowest BCUT2D eigenvalue weighted by Gasteiger charge is -2.25. The Morgan fingerprint density at radius 1 is 1.39 bits per heavy atom.